The molecule has 0 bridgehead atoms. The predicted octanol–water partition coefficient (Wildman–Crippen LogP) is 3.11. The average Bonchev–Trinajstić information content (AvgIpc) is 2.74. The highest BCUT2D eigenvalue weighted by atomic mass is 16.5. The number of aromatic nitrogens is 1. The molecule has 0 saturated carbocycles. The van der Waals surface area contributed by atoms with Gasteiger partial charge in [0.15, 0.2) is 0 Å². The summed E-state index contributed by atoms with van der Waals surface area (Å²) in [6.07, 6.45) is 1.15. The molecule has 0 aliphatic heterocycles. The molecule has 0 saturated heterocycles. The number of hydrogen-bond acceptors (Lipinski definition) is 4. The summed E-state index contributed by atoms with van der Waals surface area (Å²) >= 11 is 0. The Morgan fingerprint density at radius 3 is 2.52 bits per heavy atom. The second-order valence-electron chi connectivity index (χ2n) is 6.08. The molecule has 1 heterocycles. The van der Waals surface area contributed by atoms with Gasteiger partial charge in [-0.3, -0.25) is 10.7 Å². The average molecular weight is 289 g/mol. The van der Waals surface area contributed by atoms with Crippen LogP contribution < -0.4 is 5.48 Å². The van der Waals surface area contributed by atoms with Crippen molar-refractivity contribution in [2.45, 2.75) is 26.8 Å². The van der Waals surface area contributed by atoms with Crippen molar-refractivity contribution in [3.63, 3.8) is 0 Å². The second-order valence-corrected chi connectivity index (χ2v) is 6.08. The van der Waals surface area contributed by atoms with Gasteiger partial charge < -0.3 is 15.1 Å². The smallest absolute Gasteiger partial charge is 0.327 e. The Hall–Kier alpha value is -2.34. The highest BCUT2D eigenvalue weighted by molar-refractivity contribution is 5.93. The van der Waals surface area contributed by atoms with Crippen molar-refractivity contribution >= 4 is 28.8 Å². The van der Waals surface area contributed by atoms with Crippen LogP contribution in [0.3, 0.4) is 0 Å². The van der Waals surface area contributed by atoms with E-state index in [9.17, 15) is 9.90 Å². The number of benzene rings is 1. The third kappa shape index (κ3) is 2.62. The number of carboxylic acids is 1. The Morgan fingerprint density at radius 1 is 1.38 bits per heavy atom. The zero-order chi connectivity index (χ0) is 15.8. The highest BCUT2D eigenvalue weighted by Gasteiger charge is 2.34. The normalized spacial score (nSPS) is 13.1. The van der Waals surface area contributed by atoms with Gasteiger partial charge >= 0.3 is 5.97 Å². The lowest BCUT2D eigenvalue weighted by molar-refractivity contribution is -0.144. The zero-order valence-electron chi connectivity index (χ0n) is 12.2. The van der Waals surface area contributed by atoms with Crippen molar-refractivity contribution in [1.82, 2.24) is 4.57 Å². The van der Waals surface area contributed by atoms with E-state index in [2.05, 4.69) is 5.48 Å². The predicted molar refractivity (Wildman–Crippen MR) is 81.4 cm³/mol. The molecule has 112 valence electrons. The molecule has 0 amide bonds. The minimum absolute atomic E-state index is 0.510. The maximum atomic E-state index is 11.7. The minimum Gasteiger partial charge on any atom is -0.480 e. The third-order valence-electron chi connectivity index (χ3n) is 3.46. The molecule has 21 heavy (non-hydrogen) atoms. The quantitative estimate of drug-likeness (QED) is 0.513. The van der Waals surface area contributed by atoms with E-state index in [0.717, 1.165) is 17.1 Å². The lowest BCUT2D eigenvalue weighted by atomic mass is 9.86. The fourth-order valence-electron chi connectivity index (χ4n) is 2.59. The number of aliphatic carboxylic acids is 1. The van der Waals surface area contributed by atoms with Crippen molar-refractivity contribution in [3.8, 4) is 0 Å². The number of fused-ring (bicyclic) bond motifs is 1. The van der Waals surface area contributed by atoms with Crippen molar-refractivity contribution in [2.24, 2.45) is 5.41 Å². The molecule has 0 spiro atoms. The van der Waals surface area contributed by atoms with Crippen LogP contribution in [0, 0.1) is 10.8 Å². The molecule has 4 N–H and O–H groups in total. The van der Waals surface area contributed by atoms with Crippen LogP contribution in [0.4, 0.5) is 5.69 Å². The van der Waals surface area contributed by atoms with E-state index in [1.165, 1.54) is 0 Å². The minimum atomic E-state index is -0.938. The van der Waals surface area contributed by atoms with Gasteiger partial charge in [0.25, 0.3) is 0 Å². The van der Waals surface area contributed by atoms with Crippen LogP contribution in [-0.4, -0.2) is 27.1 Å². The van der Waals surface area contributed by atoms with Crippen molar-refractivity contribution < 1.29 is 15.1 Å². The Balaban J connectivity index is 2.77. The van der Waals surface area contributed by atoms with Crippen LogP contribution in [0.15, 0.2) is 24.3 Å². The molecule has 0 fully saturated rings. The summed E-state index contributed by atoms with van der Waals surface area (Å²) in [5, 5.41) is 26.9. The van der Waals surface area contributed by atoms with Crippen molar-refractivity contribution in [2.75, 3.05) is 5.48 Å². The molecule has 1 atom stereocenters. The topological polar surface area (TPSA) is 98.3 Å². The monoisotopic (exact) mass is 289 g/mol. The summed E-state index contributed by atoms with van der Waals surface area (Å²) in [5.74, 6) is -0.938. The summed E-state index contributed by atoms with van der Waals surface area (Å²) in [4.78, 5) is 11.7. The second kappa shape index (κ2) is 5.21. The van der Waals surface area contributed by atoms with Gasteiger partial charge in [-0.1, -0.05) is 20.8 Å². The number of carbonyl (C=O) groups is 1. The van der Waals surface area contributed by atoms with Crippen LogP contribution in [0.25, 0.3) is 10.9 Å². The number of rotatable bonds is 4. The number of anilines is 1. The zero-order valence-corrected chi connectivity index (χ0v) is 12.2. The van der Waals surface area contributed by atoms with E-state index in [4.69, 9.17) is 10.6 Å². The molecule has 0 radical (unpaired) electrons. The van der Waals surface area contributed by atoms with E-state index < -0.39 is 17.4 Å². The SMILES string of the molecule is CC(C)(C)C(C(=O)O)n1c(C=N)cc2cc(NO)ccc21. The Kier molecular flexibility index (Phi) is 3.74. The lowest BCUT2D eigenvalue weighted by Crippen LogP contribution is -2.32. The molecule has 0 aliphatic rings. The summed E-state index contributed by atoms with van der Waals surface area (Å²) in [6.45, 7) is 5.57. The van der Waals surface area contributed by atoms with Crippen molar-refractivity contribution in [3.05, 3.63) is 30.0 Å². The maximum absolute atomic E-state index is 11.7. The Bertz CT molecular complexity index is 698. The molecule has 1 aromatic carbocycles. The molecule has 6 heteroatoms. The van der Waals surface area contributed by atoms with E-state index >= 15 is 0 Å². The highest BCUT2D eigenvalue weighted by Crippen LogP contribution is 2.36. The fraction of sp³-hybridized carbons (Fsp3) is 0.333. The lowest BCUT2D eigenvalue weighted by Gasteiger charge is -2.30. The van der Waals surface area contributed by atoms with Crippen LogP contribution in [0.1, 0.15) is 32.5 Å². The number of nitrogens with one attached hydrogen (secondary N) is 2. The molecular weight excluding hydrogens is 270 g/mol. The molecule has 0 aliphatic carbocycles. The van der Waals surface area contributed by atoms with Gasteiger partial charge in [0.1, 0.15) is 6.04 Å². The summed E-state index contributed by atoms with van der Waals surface area (Å²) in [6, 6.07) is 6.06. The Labute approximate surface area is 122 Å². The van der Waals surface area contributed by atoms with Crippen LogP contribution >= 0.6 is 0 Å². The van der Waals surface area contributed by atoms with Crippen molar-refractivity contribution in [1.29, 1.82) is 5.41 Å². The molecule has 1 unspecified atom stereocenters. The summed E-state index contributed by atoms with van der Waals surface area (Å²) < 4.78 is 1.66. The maximum Gasteiger partial charge on any atom is 0.327 e. The van der Waals surface area contributed by atoms with Gasteiger partial charge in [0, 0.05) is 17.1 Å². The number of hydrogen-bond donors (Lipinski definition) is 4. The van der Waals surface area contributed by atoms with Gasteiger partial charge in [-0.2, -0.15) is 0 Å². The largest absolute Gasteiger partial charge is 0.480 e. The molecule has 1 aromatic heterocycles. The molecular formula is C15H19N3O3. The van der Waals surface area contributed by atoms with E-state index in [1.807, 2.05) is 20.8 Å². The first kappa shape index (κ1) is 15.1. The van der Waals surface area contributed by atoms with Crippen LogP contribution in [-0.2, 0) is 4.79 Å². The van der Waals surface area contributed by atoms with E-state index in [-0.39, 0.29) is 0 Å². The first-order chi connectivity index (χ1) is 9.79. The van der Waals surface area contributed by atoms with E-state index in [1.54, 1.807) is 28.8 Å². The molecule has 6 nitrogen and oxygen atoms in total. The van der Waals surface area contributed by atoms with Gasteiger partial charge in [-0.05, 0) is 29.7 Å². The standard InChI is InChI=1S/C15H19N3O3/c1-15(2,3)13(14(19)20)18-11(8-16)7-9-6-10(17-21)4-5-12(9)18/h4-8,13,16-17,21H,1-3H3,(H,19,20). The van der Waals surface area contributed by atoms with Gasteiger partial charge in [-0.15, -0.1) is 0 Å². The summed E-state index contributed by atoms with van der Waals surface area (Å²) in [5.41, 5.74) is 3.30. The van der Waals surface area contributed by atoms with E-state index in [0.29, 0.717) is 11.4 Å². The molecule has 2 aromatic rings. The van der Waals surface area contributed by atoms with Gasteiger partial charge in [0.2, 0.25) is 0 Å². The van der Waals surface area contributed by atoms with Gasteiger partial charge in [-0.25, -0.2) is 4.79 Å². The fourth-order valence-corrected chi connectivity index (χ4v) is 2.59. The van der Waals surface area contributed by atoms with Crippen LogP contribution in [0.5, 0.6) is 0 Å². The number of carboxylic acid groups (broad SMARTS) is 1. The Morgan fingerprint density at radius 2 is 2.05 bits per heavy atom. The summed E-state index contributed by atoms with van der Waals surface area (Å²) in [7, 11) is 0. The third-order valence-corrected chi connectivity index (χ3v) is 3.46. The number of nitrogens with zero attached hydrogens (tertiary/aromatic N) is 1. The van der Waals surface area contributed by atoms with Gasteiger partial charge in [0.05, 0.1) is 11.4 Å². The first-order valence-electron chi connectivity index (χ1n) is 6.58. The first-order valence-corrected chi connectivity index (χ1v) is 6.58. The van der Waals surface area contributed by atoms with Crippen LogP contribution in [0.2, 0.25) is 0 Å². The molecule has 2 rings (SSSR count).